The molecule has 60 heavy (non-hydrogen) atoms. The lowest BCUT2D eigenvalue weighted by Crippen LogP contribution is -2.55. The van der Waals surface area contributed by atoms with Crippen molar-refractivity contribution in [3.63, 3.8) is 0 Å². The SMILES string of the molecule is Cc1ccc(-c2nc(-c3ccccc3)nc(-c3cccc4c3c3cc(-c5ccc6c(c5)-c5ccccc5C65C6CC7CC(C6)CC5C7)ccc3n4-c3ccccc3)n2)cc1. The third kappa shape index (κ3) is 4.94. The van der Waals surface area contributed by atoms with Crippen molar-refractivity contribution in [3.05, 3.63) is 180 Å². The van der Waals surface area contributed by atoms with Crippen LogP contribution in [-0.4, -0.2) is 19.5 Å². The molecular formula is C56H44N4. The molecule has 288 valence electrons. The summed E-state index contributed by atoms with van der Waals surface area (Å²) in [5.41, 5.74) is 16.3. The third-order valence-electron chi connectivity index (χ3n) is 14.9. The van der Waals surface area contributed by atoms with Crippen molar-refractivity contribution < 1.29 is 0 Å². The van der Waals surface area contributed by atoms with Gasteiger partial charge in [0.15, 0.2) is 17.5 Å². The van der Waals surface area contributed by atoms with Crippen molar-refractivity contribution in [1.82, 2.24) is 19.5 Å². The summed E-state index contributed by atoms with van der Waals surface area (Å²) in [6.07, 6.45) is 7.05. The molecule has 5 aliphatic rings. The largest absolute Gasteiger partial charge is 0.309 e. The smallest absolute Gasteiger partial charge is 0.164 e. The van der Waals surface area contributed by atoms with Crippen LogP contribution < -0.4 is 0 Å². The fraction of sp³-hybridized carbons (Fsp3) is 0.196. The highest BCUT2D eigenvalue weighted by Gasteiger charge is 2.61. The Kier molecular flexibility index (Phi) is 7.37. The molecule has 0 atom stereocenters. The summed E-state index contributed by atoms with van der Waals surface area (Å²) in [7, 11) is 0. The molecule has 0 amide bonds. The monoisotopic (exact) mass is 772 g/mol. The van der Waals surface area contributed by atoms with E-state index in [0.717, 1.165) is 62.5 Å². The number of hydrogen-bond donors (Lipinski definition) is 0. The van der Waals surface area contributed by atoms with Gasteiger partial charge >= 0.3 is 0 Å². The molecule has 0 saturated heterocycles. The van der Waals surface area contributed by atoms with Crippen molar-refractivity contribution in [2.45, 2.75) is 44.4 Å². The predicted molar refractivity (Wildman–Crippen MR) is 244 cm³/mol. The fourth-order valence-corrected chi connectivity index (χ4v) is 12.7. The summed E-state index contributed by atoms with van der Waals surface area (Å²) in [5, 5.41) is 2.32. The minimum Gasteiger partial charge on any atom is -0.309 e. The number of hydrogen-bond acceptors (Lipinski definition) is 3. The molecule has 0 radical (unpaired) electrons. The number of rotatable bonds is 5. The lowest BCUT2D eigenvalue weighted by molar-refractivity contribution is -0.0399. The Labute approximate surface area is 350 Å². The fourth-order valence-electron chi connectivity index (χ4n) is 12.7. The van der Waals surface area contributed by atoms with Crippen LogP contribution in [0.1, 0.15) is 48.8 Å². The molecule has 1 spiro atoms. The van der Waals surface area contributed by atoms with E-state index in [1.807, 2.05) is 18.2 Å². The molecule has 0 N–H and O–H groups in total. The van der Waals surface area contributed by atoms with Crippen molar-refractivity contribution >= 4 is 21.8 Å². The highest BCUT2D eigenvalue weighted by Crippen LogP contribution is 2.69. The van der Waals surface area contributed by atoms with Crippen LogP contribution in [0.15, 0.2) is 164 Å². The van der Waals surface area contributed by atoms with Crippen LogP contribution in [0.4, 0.5) is 0 Å². The van der Waals surface area contributed by atoms with Gasteiger partial charge in [-0.15, -0.1) is 0 Å². The summed E-state index contributed by atoms with van der Waals surface area (Å²) in [5.74, 6) is 5.36. The summed E-state index contributed by atoms with van der Waals surface area (Å²) in [4.78, 5) is 15.5. The molecule has 7 aromatic carbocycles. The van der Waals surface area contributed by atoms with E-state index in [1.54, 1.807) is 11.1 Å². The van der Waals surface area contributed by atoms with E-state index in [-0.39, 0.29) is 5.41 Å². The summed E-state index contributed by atoms with van der Waals surface area (Å²) < 4.78 is 2.40. The van der Waals surface area contributed by atoms with E-state index in [9.17, 15) is 0 Å². The molecule has 2 heterocycles. The summed E-state index contributed by atoms with van der Waals surface area (Å²) in [6.45, 7) is 2.11. The maximum Gasteiger partial charge on any atom is 0.164 e. The van der Waals surface area contributed by atoms with Gasteiger partial charge in [-0.2, -0.15) is 0 Å². The normalized spacial score (nSPS) is 22.1. The molecule has 14 rings (SSSR count). The van der Waals surface area contributed by atoms with Gasteiger partial charge in [-0.05, 0) is 132 Å². The van der Waals surface area contributed by atoms with E-state index in [1.165, 1.54) is 65.3 Å². The van der Waals surface area contributed by atoms with Crippen LogP contribution >= 0.6 is 0 Å². The molecule has 4 saturated carbocycles. The zero-order valence-corrected chi connectivity index (χ0v) is 33.7. The van der Waals surface area contributed by atoms with Crippen LogP contribution in [0.5, 0.6) is 0 Å². The Morgan fingerprint density at radius 3 is 1.78 bits per heavy atom. The lowest BCUT2D eigenvalue weighted by Gasteiger charge is -2.61. The zero-order valence-electron chi connectivity index (χ0n) is 33.7. The predicted octanol–water partition coefficient (Wildman–Crippen LogP) is 13.7. The van der Waals surface area contributed by atoms with E-state index in [2.05, 4.69) is 157 Å². The summed E-state index contributed by atoms with van der Waals surface area (Å²) >= 11 is 0. The van der Waals surface area contributed by atoms with Gasteiger partial charge in [0.25, 0.3) is 0 Å². The van der Waals surface area contributed by atoms with Crippen LogP contribution in [0.2, 0.25) is 0 Å². The second-order valence-electron chi connectivity index (χ2n) is 18.1. The number of nitrogens with zero attached hydrogens (tertiary/aromatic N) is 4. The minimum atomic E-state index is 0.167. The Morgan fingerprint density at radius 1 is 0.450 bits per heavy atom. The van der Waals surface area contributed by atoms with Crippen molar-refractivity contribution in [2.24, 2.45) is 23.7 Å². The highest BCUT2D eigenvalue weighted by atomic mass is 15.0. The molecule has 9 aromatic rings. The first kappa shape index (κ1) is 34.2. The molecule has 0 aliphatic heterocycles. The molecule has 2 aromatic heterocycles. The van der Waals surface area contributed by atoms with Crippen LogP contribution in [-0.2, 0) is 5.41 Å². The second kappa shape index (κ2) is 12.9. The maximum atomic E-state index is 5.25. The van der Waals surface area contributed by atoms with E-state index in [4.69, 9.17) is 15.0 Å². The molecule has 4 nitrogen and oxygen atoms in total. The van der Waals surface area contributed by atoms with Crippen LogP contribution in [0.25, 0.3) is 83.9 Å². The third-order valence-corrected chi connectivity index (χ3v) is 14.9. The molecule has 0 unspecified atom stereocenters. The van der Waals surface area contributed by atoms with Gasteiger partial charge in [-0.25, -0.2) is 15.0 Å². The van der Waals surface area contributed by atoms with E-state index >= 15 is 0 Å². The average Bonchev–Trinajstić information content (AvgIpc) is 3.79. The van der Waals surface area contributed by atoms with E-state index in [0.29, 0.717) is 17.5 Å². The first-order chi connectivity index (χ1) is 29.6. The standard InChI is InChI=1S/C56H44N4/c1-34-19-21-38(22-20-34)54-57-53(37-11-4-2-5-12-37)58-55(59-54)45-16-10-18-51-52(45)47-33-40(24-26-50(47)60(51)43-13-6-3-7-14-43)39-23-25-49-46(32-39)44-15-8-9-17-48(44)56(49)41-28-35-27-36(30-41)31-42(56)29-35/h2-26,32-33,35-36,41-42H,27-31H2,1H3. The zero-order chi connectivity index (χ0) is 39.5. The van der Waals surface area contributed by atoms with Crippen molar-refractivity contribution in [1.29, 1.82) is 0 Å². The maximum absolute atomic E-state index is 5.25. The van der Waals surface area contributed by atoms with Gasteiger partial charge in [0.05, 0.1) is 11.0 Å². The van der Waals surface area contributed by atoms with Crippen LogP contribution in [0, 0.1) is 30.6 Å². The Morgan fingerprint density at radius 2 is 1.03 bits per heavy atom. The van der Waals surface area contributed by atoms with E-state index < -0.39 is 0 Å². The van der Waals surface area contributed by atoms with Crippen molar-refractivity contribution in [2.75, 3.05) is 0 Å². The number of aryl methyl sites for hydroxylation is 1. The quantitative estimate of drug-likeness (QED) is 0.175. The van der Waals surface area contributed by atoms with Gasteiger partial charge in [-0.1, -0.05) is 133 Å². The number of fused-ring (bicyclic) bond motifs is 6. The van der Waals surface area contributed by atoms with Crippen molar-refractivity contribution in [3.8, 4) is 62.1 Å². The minimum absolute atomic E-state index is 0.167. The Bertz CT molecular complexity index is 3130. The average molecular weight is 773 g/mol. The van der Waals surface area contributed by atoms with Gasteiger partial charge in [0.2, 0.25) is 0 Å². The Balaban J connectivity index is 1.02. The van der Waals surface area contributed by atoms with Gasteiger partial charge in [-0.3, -0.25) is 0 Å². The number of para-hydroxylation sites is 1. The second-order valence-corrected chi connectivity index (χ2v) is 18.1. The molecule has 4 bridgehead atoms. The molecule has 4 fully saturated rings. The Hall–Kier alpha value is -6.65. The highest BCUT2D eigenvalue weighted by molar-refractivity contribution is 6.16. The first-order valence-corrected chi connectivity index (χ1v) is 21.9. The topological polar surface area (TPSA) is 43.6 Å². The van der Waals surface area contributed by atoms with Crippen LogP contribution in [0.3, 0.4) is 0 Å². The molecule has 5 aliphatic carbocycles. The first-order valence-electron chi connectivity index (χ1n) is 21.9. The van der Waals surface area contributed by atoms with Gasteiger partial charge in [0, 0.05) is 38.6 Å². The number of aromatic nitrogens is 4. The molecular weight excluding hydrogens is 729 g/mol. The lowest BCUT2D eigenvalue weighted by atomic mass is 9.43. The van der Waals surface area contributed by atoms with Gasteiger partial charge in [0.1, 0.15) is 0 Å². The van der Waals surface area contributed by atoms with Gasteiger partial charge < -0.3 is 4.57 Å². The number of benzene rings is 7. The molecule has 4 heteroatoms. The summed E-state index contributed by atoms with van der Waals surface area (Å²) in [6, 6.07) is 60.0.